The Morgan fingerprint density at radius 1 is 1.19 bits per heavy atom. The number of carbonyl (C=O) groups is 2. The molecule has 3 aromatic heterocycles. The van der Waals surface area contributed by atoms with E-state index in [0.29, 0.717) is 52.5 Å². The van der Waals surface area contributed by atoms with Gasteiger partial charge >= 0.3 is 6.09 Å². The highest BCUT2D eigenvalue weighted by atomic mass is 35.5. The third-order valence-electron chi connectivity index (χ3n) is 7.09. The molecule has 4 aromatic rings. The fourth-order valence-electron chi connectivity index (χ4n) is 5.04. The van der Waals surface area contributed by atoms with E-state index in [1.54, 1.807) is 47.2 Å². The van der Waals surface area contributed by atoms with Gasteiger partial charge in [-0.15, -0.1) is 0 Å². The fraction of sp³-hybridized carbons (Fsp3) is 0.448. The van der Waals surface area contributed by atoms with E-state index in [-0.39, 0.29) is 36.2 Å². The molecule has 0 spiro atoms. The number of aryl methyl sites for hydroxylation is 1. The first-order valence-electron chi connectivity index (χ1n) is 13.9. The molecule has 1 aliphatic rings. The highest BCUT2D eigenvalue weighted by Crippen LogP contribution is 2.27. The molecule has 5 rings (SSSR count). The Kier molecular flexibility index (Phi) is 8.09. The summed E-state index contributed by atoms with van der Waals surface area (Å²) in [5.41, 5.74) is 1.33. The molecule has 1 atom stereocenters. The van der Waals surface area contributed by atoms with Gasteiger partial charge in [-0.2, -0.15) is 10.2 Å². The van der Waals surface area contributed by atoms with Gasteiger partial charge in [-0.25, -0.2) is 19.4 Å². The third kappa shape index (κ3) is 6.18. The number of ether oxygens (including phenoxy) is 1. The summed E-state index contributed by atoms with van der Waals surface area (Å²) in [7, 11) is 1.64. The van der Waals surface area contributed by atoms with Gasteiger partial charge in [0.1, 0.15) is 11.3 Å². The summed E-state index contributed by atoms with van der Waals surface area (Å²) >= 11 is 6.28. The van der Waals surface area contributed by atoms with Crippen LogP contribution < -0.4 is 0 Å². The van der Waals surface area contributed by atoms with E-state index in [0.717, 1.165) is 12.8 Å². The van der Waals surface area contributed by atoms with Gasteiger partial charge in [-0.3, -0.25) is 9.48 Å². The van der Waals surface area contributed by atoms with Gasteiger partial charge in [0, 0.05) is 36.7 Å². The van der Waals surface area contributed by atoms with Crippen LogP contribution in [0.4, 0.5) is 4.79 Å². The van der Waals surface area contributed by atoms with Crippen LogP contribution >= 0.6 is 11.6 Å². The Hall–Kier alpha value is -4.19. The van der Waals surface area contributed by atoms with Crippen molar-refractivity contribution in [3.8, 4) is 17.3 Å². The molecule has 13 heteroatoms. The van der Waals surface area contributed by atoms with E-state index in [1.165, 1.54) is 9.58 Å². The number of rotatable bonds is 7. The van der Waals surface area contributed by atoms with Gasteiger partial charge < -0.3 is 19.6 Å². The molecule has 1 unspecified atom stereocenters. The first-order valence-corrected chi connectivity index (χ1v) is 14.3. The number of carbonyl (C=O) groups excluding carboxylic acids is 2. The van der Waals surface area contributed by atoms with E-state index in [9.17, 15) is 14.7 Å². The van der Waals surface area contributed by atoms with Gasteiger partial charge in [0.15, 0.2) is 5.82 Å². The van der Waals surface area contributed by atoms with Crippen molar-refractivity contribution in [1.29, 1.82) is 0 Å². The molecule has 4 heterocycles. The molecule has 12 nitrogen and oxygen atoms in total. The number of amides is 2. The van der Waals surface area contributed by atoms with Crippen molar-refractivity contribution < 1.29 is 19.4 Å². The second kappa shape index (κ2) is 11.6. The molecule has 1 fully saturated rings. The van der Waals surface area contributed by atoms with Gasteiger partial charge in [0.25, 0.3) is 5.91 Å². The second-order valence-corrected chi connectivity index (χ2v) is 11.9. The van der Waals surface area contributed by atoms with Crippen LogP contribution in [0.15, 0.2) is 36.8 Å². The molecule has 222 valence electrons. The number of likely N-dealkylation sites (tertiary alicyclic amines) is 1. The average molecular weight is 595 g/mol. The number of fused-ring (bicyclic) bond motifs is 1. The van der Waals surface area contributed by atoms with E-state index in [1.807, 2.05) is 33.9 Å². The van der Waals surface area contributed by atoms with Crippen molar-refractivity contribution in [3.63, 3.8) is 0 Å². The first kappa shape index (κ1) is 29.3. The summed E-state index contributed by atoms with van der Waals surface area (Å²) in [4.78, 5) is 39.0. The SMILES string of the molecule is CCn1ncc(CN(C)C(=O)c2nc(-c3cnn(CC4CCCN4C(=O)OC(C)(C)C)c3)nc3ccc(Cl)cc23)c1O. The normalized spacial score (nSPS) is 15.4. The smallest absolute Gasteiger partial charge is 0.410 e. The summed E-state index contributed by atoms with van der Waals surface area (Å²) in [6.07, 6.45) is 6.43. The van der Waals surface area contributed by atoms with Crippen molar-refractivity contribution in [2.45, 2.75) is 71.8 Å². The number of benzene rings is 1. The quantitative estimate of drug-likeness (QED) is 0.324. The third-order valence-corrected chi connectivity index (χ3v) is 7.33. The van der Waals surface area contributed by atoms with Gasteiger partial charge in [-0.05, 0) is 58.7 Å². The van der Waals surface area contributed by atoms with Crippen molar-refractivity contribution in [2.24, 2.45) is 0 Å². The van der Waals surface area contributed by atoms with Gasteiger partial charge in [-0.1, -0.05) is 11.6 Å². The second-order valence-electron chi connectivity index (χ2n) is 11.4. The zero-order chi connectivity index (χ0) is 30.2. The molecule has 0 aliphatic carbocycles. The van der Waals surface area contributed by atoms with Crippen LogP contribution in [0.1, 0.15) is 56.6 Å². The average Bonchev–Trinajstić information content (AvgIpc) is 3.68. The van der Waals surface area contributed by atoms with Crippen molar-refractivity contribution in [1.82, 2.24) is 39.3 Å². The minimum atomic E-state index is -0.568. The van der Waals surface area contributed by atoms with Crippen LogP contribution in [0.2, 0.25) is 5.02 Å². The molecule has 42 heavy (non-hydrogen) atoms. The molecule has 2 amide bonds. The lowest BCUT2D eigenvalue weighted by molar-refractivity contribution is 0.0211. The standard InChI is InChI=1S/C29H35ClN8O4/c1-6-38-26(39)19(14-32-38)15-35(5)27(40)24-22-12-20(30)9-10-23(22)33-25(34-24)18-13-31-36(16-18)17-21-8-7-11-37(21)28(41)42-29(2,3)4/h9-10,12-14,16,21,39H,6-8,11,15,17H2,1-5H3. The van der Waals surface area contributed by atoms with Crippen LogP contribution in [0.25, 0.3) is 22.3 Å². The molecular formula is C29H35ClN8O4. The van der Waals surface area contributed by atoms with Crippen molar-refractivity contribution >= 4 is 34.5 Å². The maximum Gasteiger partial charge on any atom is 0.410 e. The molecule has 1 aromatic carbocycles. The Balaban J connectivity index is 1.41. The maximum absolute atomic E-state index is 13.7. The largest absolute Gasteiger partial charge is 0.493 e. The first-order chi connectivity index (χ1) is 19.9. The van der Waals surface area contributed by atoms with Gasteiger partial charge in [0.2, 0.25) is 5.88 Å². The monoisotopic (exact) mass is 594 g/mol. The molecule has 1 saturated heterocycles. The van der Waals surface area contributed by atoms with Crippen LogP contribution in [0.3, 0.4) is 0 Å². The predicted molar refractivity (Wildman–Crippen MR) is 157 cm³/mol. The minimum Gasteiger partial charge on any atom is -0.493 e. The fourth-order valence-corrected chi connectivity index (χ4v) is 5.21. The van der Waals surface area contributed by atoms with E-state index in [2.05, 4.69) is 15.2 Å². The number of hydrogen-bond donors (Lipinski definition) is 1. The lowest BCUT2D eigenvalue weighted by Crippen LogP contribution is -2.41. The summed E-state index contributed by atoms with van der Waals surface area (Å²) in [6, 6.07) is 5.08. The highest BCUT2D eigenvalue weighted by molar-refractivity contribution is 6.31. The van der Waals surface area contributed by atoms with Gasteiger partial charge in [0.05, 0.1) is 48.2 Å². The van der Waals surface area contributed by atoms with E-state index in [4.69, 9.17) is 21.3 Å². The van der Waals surface area contributed by atoms with Crippen LogP contribution in [0, 0.1) is 0 Å². The molecular weight excluding hydrogens is 560 g/mol. The zero-order valence-electron chi connectivity index (χ0n) is 24.4. The topological polar surface area (TPSA) is 132 Å². The molecule has 1 aliphatic heterocycles. The Bertz CT molecular complexity index is 1630. The number of aromatic nitrogens is 6. The number of hydrogen-bond acceptors (Lipinski definition) is 8. The van der Waals surface area contributed by atoms with E-state index >= 15 is 0 Å². The maximum atomic E-state index is 13.7. The van der Waals surface area contributed by atoms with Crippen LogP contribution in [-0.4, -0.2) is 81.7 Å². The van der Waals surface area contributed by atoms with Crippen LogP contribution in [0.5, 0.6) is 5.88 Å². The number of halogens is 1. The Morgan fingerprint density at radius 3 is 2.69 bits per heavy atom. The lowest BCUT2D eigenvalue weighted by atomic mass is 10.1. The van der Waals surface area contributed by atoms with E-state index < -0.39 is 5.60 Å². The summed E-state index contributed by atoms with van der Waals surface area (Å²) in [6.45, 7) is 9.22. The Labute approximate surface area is 248 Å². The highest BCUT2D eigenvalue weighted by Gasteiger charge is 2.32. The number of nitrogens with zero attached hydrogens (tertiary/aromatic N) is 8. The molecule has 0 radical (unpaired) electrons. The Morgan fingerprint density at radius 2 is 1.98 bits per heavy atom. The minimum absolute atomic E-state index is 0.0216. The summed E-state index contributed by atoms with van der Waals surface area (Å²) in [5.74, 6) is -0.000789. The van der Waals surface area contributed by atoms with Crippen molar-refractivity contribution in [3.05, 3.63) is 53.1 Å². The molecule has 1 N–H and O–H groups in total. The number of aromatic hydroxyl groups is 1. The summed E-state index contributed by atoms with van der Waals surface area (Å²) in [5, 5.41) is 20.0. The lowest BCUT2D eigenvalue weighted by Gasteiger charge is -2.28. The molecule has 0 bridgehead atoms. The molecule has 0 saturated carbocycles. The predicted octanol–water partition coefficient (Wildman–Crippen LogP) is 4.74. The summed E-state index contributed by atoms with van der Waals surface area (Å²) < 4.78 is 8.82. The van der Waals surface area contributed by atoms with Crippen molar-refractivity contribution in [2.75, 3.05) is 13.6 Å². The van der Waals surface area contributed by atoms with Crippen LogP contribution in [-0.2, 0) is 24.4 Å². The zero-order valence-corrected chi connectivity index (χ0v) is 25.2.